The van der Waals surface area contributed by atoms with Crippen LogP contribution < -0.4 is 18.9 Å². The fraction of sp³-hybridized carbons (Fsp3) is 0.516. The van der Waals surface area contributed by atoms with Crippen LogP contribution in [0, 0.1) is 0 Å². The van der Waals surface area contributed by atoms with Crippen molar-refractivity contribution in [3.8, 4) is 23.0 Å². The highest BCUT2D eigenvalue weighted by molar-refractivity contribution is 5.96. The highest BCUT2D eigenvalue weighted by Gasteiger charge is 2.37. The number of benzene rings is 2. The summed E-state index contributed by atoms with van der Waals surface area (Å²) in [4.78, 5) is 14.3. The van der Waals surface area contributed by atoms with Crippen LogP contribution in [0.4, 0.5) is 0 Å². The molecular formula is C31H39NO5. The van der Waals surface area contributed by atoms with E-state index in [1.807, 2.05) is 29.2 Å². The first-order valence-electron chi connectivity index (χ1n) is 13.5. The molecule has 0 radical (unpaired) electrons. The zero-order valence-corrected chi connectivity index (χ0v) is 22.8. The molecule has 3 aliphatic heterocycles. The number of nitrogens with zero attached hydrogens (tertiary/aromatic N) is 1. The Hall–Kier alpha value is -3.15. The summed E-state index contributed by atoms with van der Waals surface area (Å²) in [7, 11) is 1.68. The van der Waals surface area contributed by atoms with Gasteiger partial charge in [0.25, 0.3) is 0 Å². The summed E-state index contributed by atoms with van der Waals surface area (Å²) in [5.74, 6) is 3.49. The molecule has 2 aromatic carbocycles. The van der Waals surface area contributed by atoms with Crippen LogP contribution in [0.15, 0.2) is 36.4 Å². The number of hydrogen-bond donors (Lipinski definition) is 0. The molecule has 0 unspecified atom stereocenters. The standard InChI is InChI=1S/C31H39NO5/c1-30(2)19-25(23-12-10-21(34-5)17-27(23)36-30)26-20-31(3,4)37-28-18-22(11-13-24(26)28)35-16-8-9-29(33)32-14-6-7-15-32/h10-13,17-18H,6-9,14-16,19-20H2,1-5H3/b26-25+. The number of carbonyl (C=O) groups is 1. The van der Waals surface area contributed by atoms with Crippen LogP contribution in [0.1, 0.15) is 77.3 Å². The number of amides is 1. The molecule has 0 spiro atoms. The Kier molecular flexibility index (Phi) is 6.86. The number of fused-ring (bicyclic) bond motifs is 2. The maximum atomic E-state index is 12.3. The molecule has 1 saturated heterocycles. The van der Waals surface area contributed by atoms with E-state index in [-0.39, 0.29) is 17.1 Å². The van der Waals surface area contributed by atoms with E-state index >= 15 is 0 Å². The second kappa shape index (κ2) is 9.96. The minimum absolute atomic E-state index is 0.241. The first-order valence-corrected chi connectivity index (χ1v) is 13.5. The SMILES string of the molecule is COc1ccc2c(c1)OC(C)(C)C/C2=C1/CC(C)(C)Oc2cc(OCCCC(=O)N3CCCC3)ccc21. The van der Waals surface area contributed by atoms with Crippen LogP contribution in [-0.2, 0) is 4.79 Å². The molecule has 37 heavy (non-hydrogen) atoms. The third-order valence-electron chi connectivity index (χ3n) is 7.40. The maximum absolute atomic E-state index is 12.3. The normalized spacial score (nSPS) is 21.4. The van der Waals surface area contributed by atoms with Crippen molar-refractivity contribution >= 4 is 17.1 Å². The molecular weight excluding hydrogens is 466 g/mol. The van der Waals surface area contributed by atoms with Crippen molar-refractivity contribution in [2.45, 2.75) is 77.4 Å². The van der Waals surface area contributed by atoms with E-state index in [1.54, 1.807) is 7.11 Å². The molecule has 0 aliphatic carbocycles. The Morgan fingerprint density at radius 2 is 1.41 bits per heavy atom. The monoisotopic (exact) mass is 505 g/mol. The Balaban J connectivity index is 1.40. The Bertz CT molecular complexity index is 1210. The number of ether oxygens (including phenoxy) is 4. The van der Waals surface area contributed by atoms with Gasteiger partial charge in [-0.3, -0.25) is 4.79 Å². The smallest absolute Gasteiger partial charge is 0.222 e. The number of rotatable bonds is 6. The molecule has 0 aromatic heterocycles. The minimum Gasteiger partial charge on any atom is -0.497 e. The van der Waals surface area contributed by atoms with E-state index in [2.05, 4.69) is 39.8 Å². The van der Waals surface area contributed by atoms with E-state index < -0.39 is 0 Å². The third kappa shape index (κ3) is 5.58. The van der Waals surface area contributed by atoms with Crippen LogP contribution >= 0.6 is 0 Å². The highest BCUT2D eigenvalue weighted by atomic mass is 16.5. The van der Waals surface area contributed by atoms with Gasteiger partial charge in [-0.25, -0.2) is 0 Å². The summed E-state index contributed by atoms with van der Waals surface area (Å²) in [6.45, 7) is 10.8. The van der Waals surface area contributed by atoms with Crippen molar-refractivity contribution < 1.29 is 23.7 Å². The Morgan fingerprint density at radius 1 is 0.865 bits per heavy atom. The van der Waals surface area contributed by atoms with Gasteiger partial charge < -0.3 is 23.8 Å². The predicted octanol–water partition coefficient (Wildman–Crippen LogP) is 6.51. The first kappa shape index (κ1) is 25.5. The van der Waals surface area contributed by atoms with Crippen LogP contribution in [0.25, 0.3) is 11.1 Å². The number of likely N-dealkylation sites (tertiary alicyclic amines) is 1. The molecule has 0 saturated carbocycles. The average molecular weight is 506 g/mol. The van der Waals surface area contributed by atoms with Crippen LogP contribution in [0.2, 0.25) is 0 Å². The van der Waals surface area contributed by atoms with E-state index in [0.717, 1.165) is 72.9 Å². The average Bonchev–Trinajstić information content (AvgIpc) is 3.39. The zero-order chi connectivity index (χ0) is 26.2. The summed E-state index contributed by atoms with van der Waals surface area (Å²) < 4.78 is 24.3. The third-order valence-corrected chi connectivity index (χ3v) is 7.40. The van der Waals surface area contributed by atoms with Gasteiger partial charge in [0.15, 0.2) is 0 Å². The highest BCUT2D eigenvalue weighted by Crippen LogP contribution is 2.50. The number of carbonyl (C=O) groups excluding carboxylic acids is 1. The van der Waals surface area contributed by atoms with Crippen molar-refractivity contribution in [3.63, 3.8) is 0 Å². The van der Waals surface area contributed by atoms with E-state index in [4.69, 9.17) is 18.9 Å². The molecule has 5 rings (SSSR count). The Labute approximate surface area is 220 Å². The Morgan fingerprint density at radius 3 is 1.97 bits per heavy atom. The number of methoxy groups -OCH3 is 1. The summed E-state index contributed by atoms with van der Waals surface area (Å²) in [5.41, 5.74) is 4.11. The molecule has 0 N–H and O–H groups in total. The first-order chi connectivity index (χ1) is 17.6. The summed E-state index contributed by atoms with van der Waals surface area (Å²) in [6.07, 6.45) is 5.10. The minimum atomic E-state index is -0.356. The van der Waals surface area contributed by atoms with E-state index in [9.17, 15) is 4.79 Å². The van der Waals surface area contributed by atoms with Gasteiger partial charge in [-0.2, -0.15) is 0 Å². The van der Waals surface area contributed by atoms with Gasteiger partial charge in [0.05, 0.1) is 13.7 Å². The summed E-state index contributed by atoms with van der Waals surface area (Å²) in [5, 5.41) is 0. The van der Waals surface area contributed by atoms with Gasteiger partial charge in [-0.15, -0.1) is 0 Å². The van der Waals surface area contributed by atoms with Crippen LogP contribution in [0.3, 0.4) is 0 Å². The maximum Gasteiger partial charge on any atom is 0.222 e. The molecule has 3 heterocycles. The van der Waals surface area contributed by atoms with Crippen molar-refractivity contribution in [3.05, 3.63) is 47.5 Å². The van der Waals surface area contributed by atoms with Crippen molar-refractivity contribution in [2.24, 2.45) is 0 Å². The molecule has 2 aromatic rings. The zero-order valence-electron chi connectivity index (χ0n) is 22.8. The van der Waals surface area contributed by atoms with E-state index in [1.165, 1.54) is 11.1 Å². The fourth-order valence-electron chi connectivity index (χ4n) is 5.68. The van der Waals surface area contributed by atoms with Gasteiger partial charge in [-0.05, 0) is 82.4 Å². The second-order valence-electron chi connectivity index (χ2n) is 11.6. The molecule has 0 atom stereocenters. The molecule has 198 valence electrons. The molecule has 6 nitrogen and oxygen atoms in total. The van der Waals surface area contributed by atoms with Gasteiger partial charge in [0.1, 0.15) is 34.2 Å². The van der Waals surface area contributed by atoms with Gasteiger partial charge in [-0.1, -0.05) is 0 Å². The van der Waals surface area contributed by atoms with E-state index in [0.29, 0.717) is 19.4 Å². The lowest BCUT2D eigenvalue weighted by Crippen LogP contribution is -2.35. The topological polar surface area (TPSA) is 57.2 Å². The van der Waals surface area contributed by atoms with Crippen LogP contribution in [-0.4, -0.2) is 48.8 Å². The molecule has 6 heteroatoms. The predicted molar refractivity (Wildman–Crippen MR) is 145 cm³/mol. The lowest BCUT2D eigenvalue weighted by Gasteiger charge is -2.39. The van der Waals surface area contributed by atoms with Gasteiger partial charge in [0.2, 0.25) is 5.91 Å². The molecule has 1 amide bonds. The quantitative estimate of drug-likeness (QED) is 0.419. The second-order valence-corrected chi connectivity index (χ2v) is 11.6. The van der Waals surface area contributed by atoms with Crippen molar-refractivity contribution in [1.82, 2.24) is 4.90 Å². The van der Waals surface area contributed by atoms with Gasteiger partial charge >= 0.3 is 0 Å². The molecule has 3 aliphatic rings. The largest absolute Gasteiger partial charge is 0.497 e. The molecule has 0 bridgehead atoms. The van der Waals surface area contributed by atoms with Gasteiger partial charge in [0, 0.05) is 55.6 Å². The molecule has 1 fully saturated rings. The van der Waals surface area contributed by atoms with Crippen LogP contribution in [0.5, 0.6) is 23.0 Å². The fourth-order valence-corrected chi connectivity index (χ4v) is 5.68. The summed E-state index contributed by atoms with van der Waals surface area (Å²) >= 11 is 0. The summed E-state index contributed by atoms with van der Waals surface area (Å²) in [6, 6.07) is 12.2. The lowest BCUT2D eigenvalue weighted by molar-refractivity contribution is -0.130. The van der Waals surface area contributed by atoms with Crippen molar-refractivity contribution in [1.29, 1.82) is 0 Å². The van der Waals surface area contributed by atoms with Crippen molar-refractivity contribution in [2.75, 3.05) is 26.8 Å². The lowest BCUT2D eigenvalue weighted by atomic mass is 9.79. The number of hydrogen-bond acceptors (Lipinski definition) is 5.